The molecule has 0 aromatic heterocycles. The van der Waals surface area contributed by atoms with E-state index >= 15 is 0 Å². The lowest BCUT2D eigenvalue weighted by Gasteiger charge is -2.40. The molecule has 1 spiro atoms. The van der Waals surface area contributed by atoms with Crippen LogP contribution in [0.5, 0.6) is 0 Å². The quantitative estimate of drug-likeness (QED) is 0.662. The molecule has 1 N–H and O–H groups in total. The predicted molar refractivity (Wildman–Crippen MR) is 79.3 cm³/mol. The van der Waals surface area contributed by atoms with Crippen LogP contribution in [0.15, 0.2) is 17.7 Å². The first-order chi connectivity index (χ1) is 11.4. The summed E-state index contributed by atoms with van der Waals surface area (Å²) in [5.41, 5.74) is -1.62. The minimum absolute atomic E-state index is 0.0175. The van der Waals surface area contributed by atoms with Gasteiger partial charge >= 0.3 is 5.97 Å². The molecule has 1 aliphatic heterocycles. The third kappa shape index (κ3) is 2.31. The molecular formula is C17H16F2O5. The first-order valence-corrected chi connectivity index (χ1v) is 7.65. The van der Waals surface area contributed by atoms with Crippen LogP contribution < -0.4 is 0 Å². The predicted octanol–water partition coefficient (Wildman–Crippen LogP) is 2.43. The van der Waals surface area contributed by atoms with Crippen molar-refractivity contribution in [2.45, 2.75) is 25.2 Å². The molecule has 24 heavy (non-hydrogen) atoms. The maximum atomic E-state index is 13.8. The molecule has 0 atom stereocenters. The van der Waals surface area contributed by atoms with Gasteiger partial charge in [-0.25, -0.2) is 13.6 Å². The SMILES string of the molecule is CCOC(=O)C1=C(O)c2cc(F)c(F)cc2C2(CCOCC2)C1=O. The van der Waals surface area contributed by atoms with E-state index in [1.165, 1.54) is 0 Å². The Balaban J connectivity index is 2.27. The van der Waals surface area contributed by atoms with E-state index in [1.54, 1.807) is 6.92 Å². The fourth-order valence-electron chi connectivity index (χ4n) is 3.35. The number of Topliss-reactive ketones (excluding diaryl/α,β-unsaturated/α-hetero) is 1. The minimum Gasteiger partial charge on any atom is -0.506 e. The number of hydrogen-bond donors (Lipinski definition) is 1. The van der Waals surface area contributed by atoms with Crippen LogP contribution in [0.4, 0.5) is 8.78 Å². The summed E-state index contributed by atoms with van der Waals surface area (Å²) in [7, 11) is 0. The van der Waals surface area contributed by atoms with E-state index in [9.17, 15) is 23.5 Å². The molecule has 2 aliphatic rings. The standard InChI is InChI=1S/C17H16F2O5/c1-2-24-16(22)13-14(20)9-7-11(18)12(19)8-10(9)17(15(13)21)3-5-23-6-4-17/h7-8,20H,2-6H2,1H3. The number of aliphatic hydroxyl groups excluding tert-OH is 1. The average molecular weight is 338 g/mol. The monoisotopic (exact) mass is 338 g/mol. The highest BCUT2D eigenvalue weighted by Crippen LogP contribution is 2.46. The molecule has 1 aromatic carbocycles. The van der Waals surface area contributed by atoms with Crippen LogP contribution in [-0.4, -0.2) is 36.7 Å². The Labute approximate surface area is 136 Å². The highest BCUT2D eigenvalue weighted by molar-refractivity contribution is 6.27. The van der Waals surface area contributed by atoms with Gasteiger partial charge in [0.1, 0.15) is 11.3 Å². The van der Waals surface area contributed by atoms with E-state index in [0.29, 0.717) is 0 Å². The number of carbonyl (C=O) groups is 2. The molecule has 0 radical (unpaired) electrons. The van der Waals surface area contributed by atoms with Gasteiger partial charge in [-0.1, -0.05) is 0 Å². The second-order valence-electron chi connectivity index (χ2n) is 5.78. The van der Waals surface area contributed by atoms with Crippen molar-refractivity contribution in [2.75, 3.05) is 19.8 Å². The van der Waals surface area contributed by atoms with Gasteiger partial charge in [0.15, 0.2) is 17.4 Å². The number of aliphatic hydroxyl groups is 1. The van der Waals surface area contributed by atoms with Crippen LogP contribution in [0.25, 0.3) is 5.76 Å². The molecule has 5 nitrogen and oxygen atoms in total. The van der Waals surface area contributed by atoms with Crippen molar-refractivity contribution in [3.8, 4) is 0 Å². The number of carbonyl (C=O) groups excluding carboxylic acids is 2. The Hall–Kier alpha value is -2.28. The molecule has 0 saturated carbocycles. The number of esters is 1. The molecular weight excluding hydrogens is 322 g/mol. The fourth-order valence-corrected chi connectivity index (χ4v) is 3.35. The van der Waals surface area contributed by atoms with Crippen LogP contribution in [0.3, 0.4) is 0 Å². The summed E-state index contributed by atoms with van der Waals surface area (Å²) in [5, 5.41) is 10.4. The highest BCUT2D eigenvalue weighted by atomic mass is 19.2. The van der Waals surface area contributed by atoms with Crippen molar-refractivity contribution < 1.29 is 33.0 Å². The van der Waals surface area contributed by atoms with Gasteiger partial charge in [-0.05, 0) is 37.5 Å². The lowest BCUT2D eigenvalue weighted by atomic mass is 9.64. The van der Waals surface area contributed by atoms with Gasteiger partial charge in [0.2, 0.25) is 0 Å². The van der Waals surface area contributed by atoms with Gasteiger partial charge in [0, 0.05) is 18.8 Å². The molecule has 0 amide bonds. The normalized spacial score (nSPS) is 19.4. The number of ether oxygens (including phenoxy) is 2. The fraction of sp³-hybridized carbons (Fsp3) is 0.412. The Morgan fingerprint density at radius 1 is 1.29 bits per heavy atom. The summed E-state index contributed by atoms with van der Waals surface area (Å²) < 4.78 is 37.6. The number of halogens is 2. The van der Waals surface area contributed by atoms with E-state index in [-0.39, 0.29) is 43.8 Å². The largest absolute Gasteiger partial charge is 0.506 e. The molecule has 0 bridgehead atoms. The van der Waals surface area contributed by atoms with Gasteiger partial charge < -0.3 is 14.6 Å². The van der Waals surface area contributed by atoms with Crippen LogP contribution in [0, 0.1) is 11.6 Å². The maximum absolute atomic E-state index is 13.8. The molecule has 0 unspecified atom stereocenters. The average Bonchev–Trinajstić information content (AvgIpc) is 2.56. The molecule has 1 aromatic rings. The van der Waals surface area contributed by atoms with Crippen molar-refractivity contribution in [3.63, 3.8) is 0 Å². The van der Waals surface area contributed by atoms with Crippen LogP contribution in [0.2, 0.25) is 0 Å². The molecule has 1 saturated heterocycles. The summed E-state index contributed by atoms with van der Waals surface area (Å²) in [6.45, 7) is 2.06. The first-order valence-electron chi connectivity index (χ1n) is 7.65. The summed E-state index contributed by atoms with van der Waals surface area (Å²) in [6, 6.07) is 1.73. The number of ketones is 1. The van der Waals surface area contributed by atoms with E-state index < -0.39 is 40.1 Å². The van der Waals surface area contributed by atoms with E-state index in [1.807, 2.05) is 0 Å². The summed E-state index contributed by atoms with van der Waals surface area (Å²) in [5.74, 6) is -4.56. The third-order valence-electron chi connectivity index (χ3n) is 4.56. The van der Waals surface area contributed by atoms with Gasteiger partial charge in [0.25, 0.3) is 0 Å². The van der Waals surface area contributed by atoms with E-state index in [0.717, 1.165) is 12.1 Å². The third-order valence-corrected chi connectivity index (χ3v) is 4.56. The van der Waals surface area contributed by atoms with Gasteiger partial charge in [-0.2, -0.15) is 0 Å². The van der Waals surface area contributed by atoms with E-state index in [4.69, 9.17) is 9.47 Å². The zero-order valence-corrected chi connectivity index (χ0v) is 13.0. The van der Waals surface area contributed by atoms with Crippen LogP contribution in [-0.2, 0) is 24.5 Å². The smallest absolute Gasteiger partial charge is 0.345 e. The molecule has 128 valence electrons. The molecule has 1 fully saturated rings. The Kier molecular flexibility index (Phi) is 4.13. The van der Waals surface area contributed by atoms with E-state index in [2.05, 4.69) is 0 Å². The summed E-state index contributed by atoms with van der Waals surface area (Å²) in [6.07, 6.45) is 0.417. The zero-order valence-electron chi connectivity index (χ0n) is 13.0. The lowest BCUT2D eigenvalue weighted by molar-refractivity contribution is -0.141. The highest BCUT2D eigenvalue weighted by Gasteiger charge is 2.51. The van der Waals surface area contributed by atoms with Gasteiger partial charge in [0.05, 0.1) is 12.0 Å². The Morgan fingerprint density at radius 3 is 2.54 bits per heavy atom. The second kappa shape index (κ2) is 5.98. The van der Waals surface area contributed by atoms with Crippen molar-refractivity contribution in [3.05, 3.63) is 40.5 Å². The topological polar surface area (TPSA) is 72.8 Å². The number of benzene rings is 1. The number of hydrogen-bond acceptors (Lipinski definition) is 5. The molecule has 3 rings (SSSR count). The number of rotatable bonds is 2. The van der Waals surface area contributed by atoms with Gasteiger partial charge in [-0.15, -0.1) is 0 Å². The zero-order chi connectivity index (χ0) is 17.5. The van der Waals surface area contributed by atoms with Crippen LogP contribution >= 0.6 is 0 Å². The van der Waals surface area contributed by atoms with Gasteiger partial charge in [-0.3, -0.25) is 4.79 Å². The molecule has 1 heterocycles. The van der Waals surface area contributed by atoms with Crippen molar-refractivity contribution >= 4 is 17.5 Å². The first kappa shape index (κ1) is 16.6. The molecule has 1 aliphatic carbocycles. The lowest BCUT2D eigenvalue weighted by Crippen LogP contribution is -2.46. The summed E-state index contributed by atoms with van der Waals surface area (Å²) in [4.78, 5) is 25.1. The minimum atomic E-state index is -1.23. The number of fused-ring (bicyclic) bond motifs is 2. The Morgan fingerprint density at radius 2 is 1.92 bits per heavy atom. The second-order valence-corrected chi connectivity index (χ2v) is 5.78. The van der Waals surface area contributed by atoms with Crippen LogP contribution in [0.1, 0.15) is 30.9 Å². The summed E-state index contributed by atoms with van der Waals surface area (Å²) >= 11 is 0. The maximum Gasteiger partial charge on any atom is 0.345 e. The van der Waals surface area contributed by atoms with Crippen molar-refractivity contribution in [1.82, 2.24) is 0 Å². The van der Waals surface area contributed by atoms with Crippen molar-refractivity contribution in [1.29, 1.82) is 0 Å². The molecule has 7 heteroatoms. The Bertz CT molecular complexity index is 748. The van der Waals surface area contributed by atoms with Crippen molar-refractivity contribution in [2.24, 2.45) is 0 Å².